The zero-order valence-corrected chi connectivity index (χ0v) is 77.2. The molecular formula is C95H122AgF3N5O10PS4-. The van der Waals surface area contributed by atoms with E-state index in [1.165, 1.54) is 74.3 Å². The zero-order valence-electron chi connectivity index (χ0n) is 71.6. The molecule has 6 saturated carbocycles. The molecule has 9 fully saturated rings. The number of carbonyl (C=O) groups excluding carboxylic acids is 5. The van der Waals surface area contributed by atoms with E-state index in [-0.39, 0.29) is 73.9 Å². The molecule has 1 aromatic heterocycles. The minimum absolute atomic E-state index is 0.0441. The van der Waals surface area contributed by atoms with E-state index in [2.05, 4.69) is 176 Å². The van der Waals surface area contributed by atoms with Crippen LogP contribution in [0.25, 0.3) is 0 Å². The van der Waals surface area contributed by atoms with Crippen LogP contribution in [0.3, 0.4) is 0 Å². The summed E-state index contributed by atoms with van der Waals surface area (Å²) in [5.41, 5.74) is 4.28. The smallest absolute Gasteiger partial charge is 0.0134 e. The molecule has 0 radical (unpaired) electrons. The van der Waals surface area contributed by atoms with Gasteiger partial charge in [-0.3, -0.25) is 28.8 Å². The number of halogens is 3. The zero-order chi connectivity index (χ0) is 86.5. The molecule has 9 aliphatic carbocycles. The Morgan fingerprint density at radius 3 is 1.13 bits per heavy atom. The standard InChI is InChI=1S/C27H36N2O2.C26H34N2O2S.C21H31NO3.C18H15P.C2H6S2.CF3O2S.Ag.O/c1-17-16-19-20-10-11-22(25(31)28-18-8-6-5-7-9-18)26(20,2)14-12-21(19)27(3)15-13-23(30)29(4)24(17)27;1-16-15-17-18-8-9-20(24(30)31-21-7-5-6-14-27-21)25(18,2)12-10-19(17)26(3)13-11-22(29)28(4)23(16)26;1-12-11-13-14-5-6-16(19(24)25)20(14,2)9-7-15(13)21(3)10-8-17(23)22(4)18(12)21;1-4-10-16(11-5-1)19(17-12-6-2-7-13-17)18-14-8-3-9-15-18;1-3-4-2;2-1(3,4)7(5)6;;/h5-9,19-22H,10-16H2,1-4H3,(H,28,31);5-7,14,17-20H,8-13,15H2,1-4H3;13-16H,5-11H2,1-4H3,(H,24,25);1-15H;1-2H3;;;/q;;;;;-1;;/t19?,20-,21?,22+,26-,27+;17?,18-,19?,20+,25-,26+;13?,14-,15?,16+,20-,21+;;;;;/m000...../s1. The van der Waals surface area contributed by atoms with Crippen LogP contribution in [0.1, 0.15) is 197 Å². The number of carboxylic acids is 1. The van der Waals surface area contributed by atoms with Crippen LogP contribution in [-0.4, -0.2) is 98.7 Å². The number of hydrogen-bond acceptors (Lipinski definition) is 14. The van der Waals surface area contributed by atoms with Gasteiger partial charge in [-0.1, -0.05) is 195 Å². The van der Waals surface area contributed by atoms with Crippen molar-refractivity contribution in [3.8, 4) is 0 Å². The van der Waals surface area contributed by atoms with Crippen molar-refractivity contribution in [3.05, 3.63) is 180 Å². The molecule has 12 aliphatic rings. The quantitative estimate of drug-likeness (QED) is 0.0463. The van der Waals surface area contributed by atoms with Gasteiger partial charge in [0.25, 0.3) is 0 Å². The summed E-state index contributed by atoms with van der Waals surface area (Å²) in [6, 6.07) is 48.0. The van der Waals surface area contributed by atoms with Crippen molar-refractivity contribution in [2.75, 3.05) is 39.0 Å². The fraction of sp³-hybridized carbons (Fsp3) is 0.568. The molecule has 24 heteroatoms. The van der Waals surface area contributed by atoms with Crippen molar-refractivity contribution >= 4 is 108 Å². The number of pyridine rings is 1. The number of amides is 4. The average molecular weight is 1820 g/mol. The van der Waals surface area contributed by atoms with Gasteiger partial charge in [0, 0.05) is 108 Å². The Morgan fingerprint density at radius 2 is 0.798 bits per heavy atom. The summed E-state index contributed by atoms with van der Waals surface area (Å²) in [6.45, 7) is 20.9. The summed E-state index contributed by atoms with van der Waals surface area (Å²) >= 11 is 3.04. The first-order chi connectivity index (χ1) is 56.5. The monoisotopic (exact) mass is 1820 g/mol. The number of para-hydroxylation sites is 1. The van der Waals surface area contributed by atoms with Crippen LogP contribution in [0.5, 0.6) is 0 Å². The molecule has 649 valence electrons. The fourth-order valence-corrected chi connectivity index (χ4v) is 29.4. The molecule has 6 unspecified atom stereocenters. The van der Waals surface area contributed by atoms with Crippen LogP contribution >= 0.6 is 41.3 Å². The molecule has 0 spiro atoms. The second-order valence-corrected chi connectivity index (χ2v) is 43.7. The number of piperidine rings is 3. The summed E-state index contributed by atoms with van der Waals surface area (Å²) in [5.74, 6) is 5.81. The van der Waals surface area contributed by atoms with Crippen LogP contribution < -0.4 is 21.2 Å². The first-order valence-electron chi connectivity index (χ1n) is 42.4. The molecule has 2 N–H and O–H groups in total. The number of carboxylic acid groups (broad SMARTS) is 1. The molecule has 0 bridgehead atoms. The number of allylic oxidation sites excluding steroid dienone is 6. The normalized spacial score (nSPS) is 33.2. The number of aliphatic carboxylic acids is 1. The number of likely N-dealkylation sites (tertiary alicyclic amines) is 3. The number of hydrogen-bond donors (Lipinski definition) is 2. The molecular weight excluding hydrogens is 1700 g/mol. The van der Waals surface area contributed by atoms with E-state index in [0.29, 0.717) is 77.6 Å². The molecule has 4 heterocycles. The Morgan fingerprint density at radius 1 is 0.479 bits per heavy atom. The van der Waals surface area contributed by atoms with Crippen LogP contribution in [-0.2, 0) is 72.2 Å². The molecule has 15 nitrogen and oxygen atoms in total. The SMILES string of the molecule is CC1=C2N(C)C(=O)CC[C@]2(C)C2CC[C@]3(C)[C@@H](C(=O)Nc4ccccc4)CC[C@H]3C2C1.CC1=C2N(C)C(=O)CC[C@]2(C)C2CC[C@]3(C)[C@@H](C(=O)O)CC[C@H]3C2C1.CC1=C2N(C)C(=O)CC[C@]2(C)C2CC[C@]3(C)[C@@H](C(=O)Sc4ccccn4)CC[C@H]3C2C1.CSSC.O=[S-](=O)C(F)(F)F.[O]=[Ag].c1ccc(P(c2ccccc2)c2ccccc2)cc1. The van der Waals surface area contributed by atoms with E-state index in [0.717, 1.165) is 113 Å². The largest absolute Gasteiger partial charge is 0.0622 e. The minimum Gasteiger partial charge on any atom is -0.0622 e. The van der Waals surface area contributed by atoms with Gasteiger partial charge in [0.2, 0.25) is 23.6 Å². The number of nitrogens with zero attached hydrogens (tertiary/aromatic N) is 4. The summed E-state index contributed by atoms with van der Waals surface area (Å²) in [7, 11) is 5.07. The van der Waals surface area contributed by atoms with Crippen LogP contribution in [0.2, 0.25) is 0 Å². The summed E-state index contributed by atoms with van der Waals surface area (Å²) in [4.78, 5) is 85.8. The van der Waals surface area contributed by atoms with Gasteiger partial charge in [-0.05, 0) is 278 Å². The van der Waals surface area contributed by atoms with Crippen molar-refractivity contribution in [1.29, 1.82) is 0 Å². The number of alkyl halides is 3. The van der Waals surface area contributed by atoms with Crippen molar-refractivity contribution in [3.63, 3.8) is 0 Å². The molecule has 119 heavy (non-hydrogen) atoms. The molecule has 3 saturated heterocycles. The minimum atomic E-state index is -5.08. The number of anilines is 1. The fourth-order valence-electron chi connectivity index (χ4n) is 26.1. The van der Waals surface area contributed by atoms with Crippen LogP contribution in [0.4, 0.5) is 18.9 Å². The van der Waals surface area contributed by atoms with E-state index < -0.39 is 30.1 Å². The number of rotatable bonds is 9. The van der Waals surface area contributed by atoms with E-state index in [1.54, 1.807) is 48.8 Å². The van der Waals surface area contributed by atoms with Crippen LogP contribution in [0, 0.1) is 104 Å². The topological polar surface area (TPSA) is 208 Å². The summed E-state index contributed by atoms with van der Waals surface area (Å²) in [5, 5.41) is 18.2. The predicted octanol–water partition coefficient (Wildman–Crippen LogP) is 21.1. The van der Waals surface area contributed by atoms with Crippen LogP contribution in [0.15, 0.2) is 185 Å². The number of thioether (sulfide) groups is 1. The maximum Gasteiger partial charge on any atom is -0.0134 e. The Hall–Kier alpha value is -5.97. The van der Waals surface area contributed by atoms with E-state index in [4.69, 9.17) is 11.7 Å². The number of aromatic nitrogens is 1. The van der Waals surface area contributed by atoms with Crippen molar-refractivity contribution < 1.29 is 79.8 Å². The number of fused-ring (bicyclic) bond motifs is 15. The van der Waals surface area contributed by atoms with Gasteiger partial charge in [-0.2, -0.15) is 13.2 Å². The number of carbonyl (C=O) groups is 6. The first kappa shape index (κ1) is 93.7. The maximum atomic E-state index is 13.3. The van der Waals surface area contributed by atoms with Gasteiger partial charge < -0.3 is 33.5 Å². The van der Waals surface area contributed by atoms with E-state index in [9.17, 15) is 47.0 Å². The molecule has 4 amide bonds. The van der Waals surface area contributed by atoms with E-state index >= 15 is 0 Å². The second kappa shape index (κ2) is 39.1. The molecule has 17 rings (SSSR count). The molecule has 3 aliphatic heterocycles. The first-order valence-corrected chi connectivity index (χ1v) is 49.2. The maximum absolute atomic E-state index is 13.3. The predicted molar refractivity (Wildman–Crippen MR) is 469 cm³/mol. The number of benzene rings is 4. The van der Waals surface area contributed by atoms with Gasteiger partial charge in [0.15, 0.2) is 5.12 Å². The van der Waals surface area contributed by atoms with Gasteiger partial charge in [0.05, 0.1) is 5.92 Å². The van der Waals surface area contributed by atoms with Crippen molar-refractivity contribution in [1.82, 2.24) is 19.7 Å². The third kappa shape index (κ3) is 18.9. The summed E-state index contributed by atoms with van der Waals surface area (Å²) in [6.07, 6.45) is 26.9. The Balaban J connectivity index is 0.000000150. The second-order valence-electron chi connectivity index (χ2n) is 36.9. The Bertz CT molecular complexity index is 4390. The van der Waals surface area contributed by atoms with Gasteiger partial charge in [-0.25, -0.2) is 4.98 Å². The Labute approximate surface area is 731 Å². The molecule has 5 aromatic rings. The Kier molecular flexibility index (Phi) is 30.8. The van der Waals surface area contributed by atoms with Crippen molar-refractivity contribution in [2.45, 2.75) is 208 Å². The third-order valence-corrected chi connectivity index (χ3v) is 36.2. The molecule has 18 atom stereocenters. The summed E-state index contributed by atoms with van der Waals surface area (Å²) < 4.78 is 57.5. The van der Waals surface area contributed by atoms with Gasteiger partial charge >= 0.3 is 35.8 Å². The van der Waals surface area contributed by atoms with Gasteiger partial charge in [0.1, 0.15) is 5.03 Å². The van der Waals surface area contributed by atoms with Crippen molar-refractivity contribution in [2.24, 2.45) is 104 Å². The van der Waals surface area contributed by atoms with E-state index in [1.807, 2.05) is 84.4 Å². The molecule has 4 aromatic carbocycles. The number of nitrogens with one attached hydrogen (secondary N) is 1. The van der Waals surface area contributed by atoms with Gasteiger partial charge in [-0.15, -0.1) is 0 Å². The third-order valence-electron chi connectivity index (χ3n) is 31.1. The average Bonchev–Trinajstić information content (AvgIpc) is 1.69.